The third-order valence-electron chi connectivity index (χ3n) is 5.08. The van der Waals surface area contributed by atoms with Gasteiger partial charge in [-0.2, -0.15) is 22.7 Å². The van der Waals surface area contributed by atoms with Crippen molar-refractivity contribution in [1.29, 1.82) is 0 Å². The van der Waals surface area contributed by atoms with Crippen molar-refractivity contribution in [2.24, 2.45) is 5.41 Å². The second-order valence-corrected chi connectivity index (χ2v) is 7.97. The Morgan fingerprint density at radius 3 is 2.68 bits per heavy atom. The molecular formula is C17H20N2OS2. The minimum absolute atomic E-state index is 0.202. The quantitative estimate of drug-likeness (QED) is 0.928. The van der Waals surface area contributed by atoms with Crippen LogP contribution in [0.3, 0.4) is 0 Å². The van der Waals surface area contributed by atoms with Gasteiger partial charge in [-0.1, -0.05) is 0 Å². The molecule has 22 heavy (non-hydrogen) atoms. The van der Waals surface area contributed by atoms with Gasteiger partial charge in [0, 0.05) is 18.0 Å². The predicted molar refractivity (Wildman–Crippen MR) is 91.5 cm³/mol. The van der Waals surface area contributed by atoms with Crippen molar-refractivity contribution in [2.75, 3.05) is 13.1 Å². The molecule has 0 bridgehead atoms. The summed E-state index contributed by atoms with van der Waals surface area (Å²) in [5.41, 5.74) is 2.48. The van der Waals surface area contributed by atoms with Gasteiger partial charge in [0.2, 0.25) is 0 Å². The van der Waals surface area contributed by atoms with Crippen LogP contribution in [0.15, 0.2) is 33.7 Å². The lowest BCUT2D eigenvalue weighted by molar-refractivity contribution is 0.0693. The lowest BCUT2D eigenvalue weighted by Gasteiger charge is -2.29. The molecule has 1 saturated carbocycles. The van der Waals surface area contributed by atoms with E-state index in [1.807, 2.05) is 16.8 Å². The summed E-state index contributed by atoms with van der Waals surface area (Å²) in [5, 5.41) is 11.7. The number of nitrogens with zero attached hydrogens (tertiary/aromatic N) is 1. The zero-order valence-corrected chi connectivity index (χ0v) is 14.1. The predicted octanol–water partition coefficient (Wildman–Crippen LogP) is 3.59. The van der Waals surface area contributed by atoms with E-state index < -0.39 is 0 Å². The Morgan fingerprint density at radius 1 is 1.23 bits per heavy atom. The minimum atomic E-state index is 0.202. The molecule has 3 heterocycles. The molecule has 1 atom stereocenters. The molecule has 3 nitrogen and oxygen atoms in total. The molecule has 1 unspecified atom stereocenters. The first kappa shape index (κ1) is 14.4. The Morgan fingerprint density at radius 2 is 2.00 bits per heavy atom. The zero-order chi connectivity index (χ0) is 15.0. The van der Waals surface area contributed by atoms with Crippen LogP contribution in [0.2, 0.25) is 0 Å². The average Bonchev–Trinajstić information content (AvgIpc) is 3.02. The lowest BCUT2D eigenvalue weighted by atomic mass is 9.93. The SMILES string of the molecule is O=C(c1ccsc1)N(Cc1ccsc1)C1CC12CCNCC2. The third kappa shape index (κ3) is 2.62. The summed E-state index contributed by atoms with van der Waals surface area (Å²) in [5.74, 6) is 0.202. The largest absolute Gasteiger partial charge is 0.331 e. The van der Waals surface area contributed by atoms with Gasteiger partial charge in [-0.05, 0) is 71.6 Å². The average molecular weight is 332 g/mol. The van der Waals surface area contributed by atoms with E-state index in [2.05, 4.69) is 27.0 Å². The second kappa shape index (κ2) is 5.80. The molecule has 1 aliphatic heterocycles. The first-order chi connectivity index (χ1) is 10.8. The van der Waals surface area contributed by atoms with Gasteiger partial charge in [-0.25, -0.2) is 0 Å². The molecule has 1 N–H and O–H groups in total. The molecule has 1 amide bonds. The van der Waals surface area contributed by atoms with Crippen LogP contribution in [0.4, 0.5) is 0 Å². The van der Waals surface area contributed by atoms with Gasteiger partial charge < -0.3 is 10.2 Å². The number of rotatable bonds is 4. The van der Waals surface area contributed by atoms with E-state index >= 15 is 0 Å². The summed E-state index contributed by atoms with van der Waals surface area (Å²) in [6.07, 6.45) is 3.58. The molecule has 1 aliphatic carbocycles. The number of hydrogen-bond acceptors (Lipinski definition) is 4. The number of amides is 1. The topological polar surface area (TPSA) is 32.3 Å². The van der Waals surface area contributed by atoms with Gasteiger partial charge in [0.15, 0.2) is 0 Å². The maximum Gasteiger partial charge on any atom is 0.255 e. The van der Waals surface area contributed by atoms with Crippen molar-refractivity contribution in [3.8, 4) is 0 Å². The number of hydrogen-bond donors (Lipinski definition) is 1. The van der Waals surface area contributed by atoms with E-state index in [-0.39, 0.29) is 5.91 Å². The summed E-state index contributed by atoms with van der Waals surface area (Å²) < 4.78 is 0. The molecule has 2 aromatic heterocycles. The fourth-order valence-corrected chi connectivity index (χ4v) is 4.97. The number of carbonyl (C=O) groups excluding carboxylic acids is 1. The smallest absolute Gasteiger partial charge is 0.255 e. The van der Waals surface area contributed by atoms with Crippen LogP contribution in [0.25, 0.3) is 0 Å². The Bertz CT molecular complexity index is 630. The van der Waals surface area contributed by atoms with Gasteiger partial charge in [-0.3, -0.25) is 4.79 Å². The molecular weight excluding hydrogens is 312 g/mol. The first-order valence-electron chi connectivity index (χ1n) is 7.83. The summed E-state index contributed by atoms with van der Waals surface area (Å²) >= 11 is 3.30. The second-order valence-electron chi connectivity index (χ2n) is 6.41. The first-order valence-corrected chi connectivity index (χ1v) is 9.72. The van der Waals surface area contributed by atoms with Crippen LogP contribution < -0.4 is 5.32 Å². The summed E-state index contributed by atoms with van der Waals surface area (Å²) in [6, 6.07) is 4.50. The number of thiophene rings is 2. The van der Waals surface area contributed by atoms with Crippen molar-refractivity contribution in [1.82, 2.24) is 10.2 Å². The summed E-state index contributed by atoms with van der Waals surface area (Å²) in [4.78, 5) is 15.1. The van der Waals surface area contributed by atoms with E-state index in [9.17, 15) is 4.79 Å². The van der Waals surface area contributed by atoms with Crippen molar-refractivity contribution in [2.45, 2.75) is 31.8 Å². The normalized spacial score (nSPS) is 22.6. The van der Waals surface area contributed by atoms with Crippen LogP contribution in [0.1, 0.15) is 35.2 Å². The number of nitrogens with one attached hydrogen (secondary N) is 1. The molecule has 2 fully saturated rings. The van der Waals surface area contributed by atoms with E-state index in [0.717, 1.165) is 25.2 Å². The molecule has 0 aromatic carbocycles. The highest BCUT2D eigenvalue weighted by Crippen LogP contribution is 2.56. The molecule has 0 radical (unpaired) electrons. The standard InChI is InChI=1S/C17H20N2OS2/c20-16(14-2-8-22-12-14)19(10-13-1-7-21-11-13)15-9-17(15)3-5-18-6-4-17/h1-2,7-8,11-12,15,18H,3-6,9-10H2. The van der Waals surface area contributed by atoms with Crippen LogP contribution in [0, 0.1) is 5.41 Å². The molecule has 2 aliphatic rings. The maximum absolute atomic E-state index is 13.0. The fourth-order valence-electron chi connectivity index (χ4n) is 3.68. The lowest BCUT2D eigenvalue weighted by Crippen LogP contribution is -2.39. The van der Waals surface area contributed by atoms with Gasteiger partial charge in [0.25, 0.3) is 5.91 Å². The van der Waals surface area contributed by atoms with Gasteiger partial charge in [-0.15, -0.1) is 0 Å². The Labute approximate surface area is 139 Å². The van der Waals surface area contributed by atoms with Crippen LogP contribution in [-0.4, -0.2) is 29.9 Å². The summed E-state index contributed by atoms with van der Waals surface area (Å²) in [7, 11) is 0. The maximum atomic E-state index is 13.0. The molecule has 1 saturated heterocycles. The van der Waals surface area contributed by atoms with Crippen LogP contribution in [0.5, 0.6) is 0 Å². The van der Waals surface area contributed by atoms with Crippen molar-refractivity contribution >= 4 is 28.6 Å². The van der Waals surface area contributed by atoms with Gasteiger partial charge >= 0.3 is 0 Å². The van der Waals surface area contributed by atoms with Crippen molar-refractivity contribution in [3.63, 3.8) is 0 Å². The van der Waals surface area contributed by atoms with E-state index in [0.29, 0.717) is 11.5 Å². The fraction of sp³-hybridized carbons (Fsp3) is 0.471. The monoisotopic (exact) mass is 332 g/mol. The van der Waals surface area contributed by atoms with Crippen LogP contribution in [-0.2, 0) is 6.54 Å². The Kier molecular flexibility index (Phi) is 3.80. The minimum Gasteiger partial charge on any atom is -0.331 e. The highest BCUT2D eigenvalue weighted by Gasteiger charge is 2.57. The molecule has 5 heteroatoms. The molecule has 116 valence electrons. The Hall–Kier alpha value is -1.17. The van der Waals surface area contributed by atoms with Gasteiger partial charge in [0.05, 0.1) is 5.56 Å². The zero-order valence-electron chi connectivity index (χ0n) is 12.5. The van der Waals surface area contributed by atoms with Crippen LogP contribution >= 0.6 is 22.7 Å². The van der Waals surface area contributed by atoms with Gasteiger partial charge in [0.1, 0.15) is 0 Å². The van der Waals surface area contributed by atoms with Crippen molar-refractivity contribution in [3.05, 3.63) is 44.8 Å². The number of piperidine rings is 1. The number of carbonyl (C=O) groups is 1. The van der Waals surface area contributed by atoms with E-state index in [1.165, 1.54) is 24.8 Å². The molecule has 1 spiro atoms. The molecule has 2 aromatic rings. The third-order valence-corrected chi connectivity index (χ3v) is 6.50. The Balaban J connectivity index is 1.57. The molecule has 4 rings (SSSR count). The highest BCUT2D eigenvalue weighted by atomic mass is 32.1. The van der Waals surface area contributed by atoms with E-state index in [4.69, 9.17) is 0 Å². The van der Waals surface area contributed by atoms with Crippen molar-refractivity contribution < 1.29 is 4.79 Å². The summed E-state index contributed by atoms with van der Waals surface area (Å²) in [6.45, 7) is 2.93. The highest BCUT2D eigenvalue weighted by molar-refractivity contribution is 7.08. The van der Waals surface area contributed by atoms with E-state index in [1.54, 1.807) is 22.7 Å².